The van der Waals surface area contributed by atoms with Crippen LogP contribution in [0.4, 0.5) is 0 Å². The first kappa shape index (κ1) is 17.8. The number of halogens is 1. The van der Waals surface area contributed by atoms with Crippen LogP contribution in [0.3, 0.4) is 0 Å². The maximum atomic E-state index is 11.3. The third-order valence-electron chi connectivity index (χ3n) is 3.14. The predicted octanol–water partition coefficient (Wildman–Crippen LogP) is 4.65. The average molecular weight is 276 g/mol. The molecule has 0 saturated heterocycles. The van der Waals surface area contributed by atoms with Gasteiger partial charge >= 0.3 is 0 Å². The molecule has 0 saturated carbocycles. The second-order valence-corrected chi connectivity index (χ2v) is 5.35. The number of amides is 1. The fourth-order valence-corrected chi connectivity index (χ4v) is 2.11. The van der Waals surface area contributed by atoms with E-state index < -0.39 is 0 Å². The molecule has 108 valence electrons. The van der Waals surface area contributed by atoms with E-state index >= 15 is 0 Å². The second-order valence-electron chi connectivity index (χ2n) is 4.97. The highest BCUT2D eigenvalue weighted by Gasteiger charge is 1.99. The summed E-state index contributed by atoms with van der Waals surface area (Å²) in [6.45, 7) is 3.08. The highest BCUT2D eigenvalue weighted by Crippen LogP contribution is 2.09. The molecule has 0 heterocycles. The Balaban J connectivity index is 3.04. The summed E-state index contributed by atoms with van der Waals surface area (Å²) < 4.78 is 0. The highest BCUT2D eigenvalue weighted by molar-refractivity contribution is 6.17. The van der Waals surface area contributed by atoms with Crippen LogP contribution in [0.25, 0.3) is 0 Å². The van der Waals surface area contributed by atoms with Gasteiger partial charge in [0.1, 0.15) is 0 Å². The number of nitrogens with one attached hydrogen (secondary N) is 1. The molecule has 3 heteroatoms. The van der Waals surface area contributed by atoms with Crippen molar-refractivity contribution < 1.29 is 4.79 Å². The van der Waals surface area contributed by atoms with Crippen molar-refractivity contribution in [3.05, 3.63) is 0 Å². The second kappa shape index (κ2) is 14.8. The van der Waals surface area contributed by atoms with Crippen molar-refractivity contribution in [3.8, 4) is 0 Å². The summed E-state index contributed by atoms with van der Waals surface area (Å²) in [4.78, 5) is 11.3. The Kier molecular flexibility index (Phi) is 14.6. The minimum Gasteiger partial charge on any atom is -0.356 e. The van der Waals surface area contributed by atoms with E-state index in [1.54, 1.807) is 0 Å². The number of carbonyl (C=O) groups is 1. The molecule has 0 aromatic heterocycles. The van der Waals surface area contributed by atoms with Crippen LogP contribution in [-0.4, -0.2) is 18.3 Å². The van der Waals surface area contributed by atoms with Gasteiger partial charge in [-0.15, -0.1) is 11.6 Å². The molecule has 0 radical (unpaired) electrons. The lowest BCUT2D eigenvalue weighted by atomic mass is 10.1. The molecule has 0 aliphatic carbocycles. The normalized spacial score (nSPS) is 10.6. The van der Waals surface area contributed by atoms with Gasteiger partial charge in [0.25, 0.3) is 0 Å². The Bertz CT molecular complexity index is 185. The van der Waals surface area contributed by atoms with Gasteiger partial charge in [0, 0.05) is 18.8 Å². The summed E-state index contributed by atoms with van der Waals surface area (Å²) in [6.07, 6.45) is 13.2. The molecule has 18 heavy (non-hydrogen) atoms. The summed E-state index contributed by atoms with van der Waals surface area (Å²) in [7, 11) is 0. The standard InChI is InChI=1S/C15H30ClNO/c1-2-3-4-5-6-7-8-9-10-14-17-15(18)12-11-13-16/h2-14H2,1H3,(H,17,18). The van der Waals surface area contributed by atoms with Gasteiger partial charge in [-0.25, -0.2) is 0 Å². The van der Waals surface area contributed by atoms with E-state index in [9.17, 15) is 4.79 Å². The zero-order chi connectivity index (χ0) is 13.5. The SMILES string of the molecule is CCCCCCCCCCCNC(=O)CCCCl. The third kappa shape index (κ3) is 13.8. The summed E-state index contributed by atoms with van der Waals surface area (Å²) in [5, 5.41) is 2.94. The van der Waals surface area contributed by atoms with Gasteiger partial charge in [0.05, 0.1) is 0 Å². The summed E-state index contributed by atoms with van der Waals surface area (Å²) in [5.41, 5.74) is 0. The van der Waals surface area contributed by atoms with Crippen LogP contribution in [0.15, 0.2) is 0 Å². The zero-order valence-electron chi connectivity index (χ0n) is 12.0. The van der Waals surface area contributed by atoms with Crippen molar-refractivity contribution >= 4 is 17.5 Å². The number of carbonyl (C=O) groups excluding carboxylic acids is 1. The van der Waals surface area contributed by atoms with Crippen molar-refractivity contribution in [2.24, 2.45) is 0 Å². The van der Waals surface area contributed by atoms with E-state index in [1.807, 2.05) is 0 Å². The van der Waals surface area contributed by atoms with Gasteiger partial charge in [-0.1, -0.05) is 58.3 Å². The molecule has 0 unspecified atom stereocenters. The molecule has 0 fully saturated rings. The molecule has 0 spiro atoms. The third-order valence-corrected chi connectivity index (χ3v) is 3.41. The smallest absolute Gasteiger partial charge is 0.220 e. The zero-order valence-corrected chi connectivity index (χ0v) is 12.7. The van der Waals surface area contributed by atoms with Crippen LogP contribution in [0.2, 0.25) is 0 Å². The molecule has 1 N–H and O–H groups in total. The minimum atomic E-state index is 0.148. The van der Waals surface area contributed by atoms with Crippen molar-refractivity contribution in [2.45, 2.75) is 77.6 Å². The molecule has 0 aromatic carbocycles. The van der Waals surface area contributed by atoms with Gasteiger partial charge in [-0.05, 0) is 12.8 Å². The Morgan fingerprint density at radius 3 is 2.00 bits per heavy atom. The number of rotatable bonds is 13. The van der Waals surface area contributed by atoms with E-state index in [0.717, 1.165) is 19.4 Å². The van der Waals surface area contributed by atoms with Gasteiger partial charge in [-0.2, -0.15) is 0 Å². The molecule has 0 aromatic rings. The molecule has 0 rings (SSSR count). The minimum absolute atomic E-state index is 0.148. The first-order valence-corrected chi connectivity index (χ1v) is 8.17. The van der Waals surface area contributed by atoms with Gasteiger partial charge < -0.3 is 5.32 Å². The van der Waals surface area contributed by atoms with Crippen LogP contribution in [0.5, 0.6) is 0 Å². The van der Waals surface area contributed by atoms with E-state index in [1.165, 1.54) is 51.4 Å². The Hall–Kier alpha value is -0.240. The summed E-state index contributed by atoms with van der Waals surface area (Å²) in [5.74, 6) is 0.723. The maximum Gasteiger partial charge on any atom is 0.220 e. The quantitative estimate of drug-likeness (QED) is 0.385. The number of unbranched alkanes of at least 4 members (excludes halogenated alkanes) is 8. The number of alkyl halides is 1. The Morgan fingerprint density at radius 2 is 1.44 bits per heavy atom. The lowest BCUT2D eigenvalue weighted by Gasteiger charge is -2.04. The molecule has 0 aliphatic rings. The van der Waals surface area contributed by atoms with Crippen LogP contribution >= 0.6 is 11.6 Å². The first-order chi connectivity index (χ1) is 8.81. The van der Waals surface area contributed by atoms with E-state index in [2.05, 4.69) is 12.2 Å². The van der Waals surface area contributed by atoms with E-state index in [4.69, 9.17) is 11.6 Å². The van der Waals surface area contributed by atoms with Crippen molar-refractivity contribution in [1.82, 2.24) is 5.32 Å². The molecular formula is C15H30ClNO. The fourth-order valence-electron chi connectivity index (χ4n) is 1.98. The van der Waals surface area contributed by atoms with Crippen LogP contribution < -0.4 is 5.32 Å². The van der Waals surface area contributed by atoms with E-state index in [0.29, 0.717) is 12.3 Å². The maximum absolute atomic E-state index is 11.3. The van der Waals surface area contributed by atoms with Crippen molar-refractivity contribution in [1.29, 1.82) is 0 Å². The Labute approximate surface area is 118 Å². The number of hydrogen-bond acceptors (Lipinski definition) is 1. The predicted molar refractivity (Wildman–Crippen MR) is 80.2 cm³/mol. The topological polar surface area (TPSA) is 29.1 Å². The molecule has 0 atom stereocenters. The summed E-state index contributed by atoms with van der Waals surface area (Å²) >= 11 is 5.53. The summed E-state index contributed by atoms with van der Waals surface area (Å²) in [6, 6.07) is 0. The number of hydrogen-bond donors (Lipinski definition) is 1. The fraction of sp³-hybridized carbons (Fsp3) is 0.933. The largest absolute Gasteiger partial charge is 0.356 e. The molecule has 1 amide bonds. The highest BCUT2D eigenvalue weighted by atomic mass is 35.5. The van der Waals surface area contributed by atoms with Crippen LogP contribution in [-0.2, 0) is 4.79 Å². The molecule has 2 nitrogen and oxygen atoms in total. The molecule has 0 bridgehead atoms. The van der Waals surface area contributed by atoms with Crippen molar-refractivity contribution in [2.75, 3.05) is 12.4 Å². The van der Waals surface area contributed by atoms with Crippen molar-refractivity contribution in [3.63, 3.8) is 0 Å². The van der Waals surface area contributed by atoms with Gasteiger partial charge in [0.15, 0.2) is 0 Å². The molecule has 0 aliphatic heterocycles. The van der Waals surface area contributed by atoms with Crippen LogP contribution in [0, 0.1) is 0 Å². The van der Waals surface area contributed by atoms with Gasteiger partial charge in [-0.3, -0.25) is 4.79 Å². The molecular weight excluding hydrogens is 246 g/mol. The van der Waals surface area contributed by atoms with Crippen LogP contribution in [0.1, 0.15) is 77.6 Å². The lowest BCUT2D eigenvalue weighted by Crippen LogP contribution is -2.24. The average Bonchev–Trinajstić information content (AvgIpc) is 2.38. The van der Waals surface area contributed by atoms with Gasteiger partial charge in [0.2, 0.25) is 5.91 Å². The van der Waals surface area contributed by atoms with E-state index in [-0.39, 0.29) is 5.91 Å². The monoisotopic (exact) mass is 275 g/mol. The first-order valence-electron chi connectivity index (χ1n) is 7.64. The lowest BCUT2D eigenvalue weighted by molar-refractivity contribution is -0.121. The Morgan fingerprint density at radius 1 is 0.889 bits per heavy atom.